The average molecular weight is 169 g/mol. The molecule has 2 atom stereocenters. The van der Waals surface area contributed by atoms with Crippen LogP contribution in [0.4, 0.5) is 0 Å². The minimum absolute atomic E-state index is 0.903. The molecule has 1 saturated heterocycles. The van der Waals surface area contributed by atoms with Gasteiger partial charge >= 0.3 is 0 Å². The minimum Gasteiger partial charge on any atom is -0.298 e. The third-order valence-electron chi connectivity index (χ3n) is 2.79. The highest BCUT2D eigenvalue weighted by atomic mass is 15.3. The zero-order valence-corrected chi connectivity index (χ0v) is 8.68. The van der Waals surface area contributed by atoms with E-state index in [2.05, 4.69) is 18.7 Å². The van der Waals surface area contributed by atoms with Gasteiger partial charge in [0.05, 0.1) is 0 Å². The summed E-state index contributed by atoms with van der Waals surface area (Å²) >= 11 is 0. The second kappa shape index (κ2) is 5.58. The van der Waals surface area contributed by atoms with Gasteiger partial charge in [-0.2, -0.15) is 0 Å². The summed E-state index contributed by atoms with van der Waals surface area (Å²) in [6, 6.07) is 0.903. The molecule has 0 aromatic rings. The molecule has 1 fully saturated rings. The van der Waals surface area contributed by atoms with Crippen LogP contribution in [0.1, 0.15) is 52.4 Å². The summed E-state index contributed by atoms with van der Waals surface area (Å²) < 4.78 is 0. The molecule has 0 aromatic heterocycles. The zero-order valence-electron chi connectivity index (χ0n) is 8.68. The van der Waals surface area contributed by atoms with Crippen LogP contribution in [0.2, 0.25) is 0 Å². The van der Waals surface area contributed by atoms with Crippen molar-refractivity contribution in [3.8, 4) is 0 Å². The predicted molar refractivity (Wildman–Crippen MR) is 54.4 cm³/mol. The summed E-state index contributed by atoms with van der Waals surface area (Å²) in [7, 11) is 0. The number of unbranched alkanes of at least 4 members (excludes halogenated alkanes) is 5. The number of hydrogen-bond acceptors (Lipinski definition) is 1. The SMILES string of the molecule is CCCCCCCCN1CC1C. The maximum Gasteiger partial charge on any atom is 0.0195 e. The quantitative estimate of drug-likeness (QED) is 0.418. The van der Waals surface area contributed by atoms with E-state index >= 15 is 0 Å². The smallest absolute Gasteiger partial charge is 0.0195 e. The van der Waals surface area contributed by atoms with Crippen LogP contribution in [-0.2, 0) is 0 Å². The van der Waals surface area contributed by atoms with Crippen molar-refractivity contribution < 1.29 is 0 Å². The minimum atomic E-state index is 0.903. The molecule has 1 rings (SSSR count). The molecule has 0 spiro atoms. The number of hydrogen-bond donors (Lipinski definition) is 0. The lowest BCUT2D eigenvalue weighted by Crippen LogP contribution is -2.01. The van der Waals surface area contributed by atoms with E-state index in [1.165, 1.54) is 51.6 Å². The van der Waals surface area contributed by atoms with E-state index in [1.54, 1.807) is 0 Å². The van der Waals surface area contributed by atoms with Gasteiger partial charge in [-0.25, -0.2) is 0 Å². The van der Waals surface area contributed by atoms with Crippen molar-refractivity contribution in [3.05, 3.63) is 0 Å². The molecule has 12 heavy (non-hydrogen) atoms. The highest BCUT2D eigenvalue weighted by Crippen LogP contribution is 2.17. The third-order valence-corrected chi connectivity index (χ3v) is 2.79. The van der Waals surface area contributed by atoms with Crippen molar-refractivity contribution in [2.45, 2.75) is 58.4 Å². The van der Waals surface area contributed by atoms with Gasteiger partial charge in [0.2, 0.25) is 0 Å². The van der Waals surface area contributed by atoms with Crippen molar-refractivity contribution in [2.75, 3.05) is 13.1 Å². The van der Waals surface area contributed by atoms with Crippen molar-refractivity contribution in [1.82, 2.24) is 4.90 Å². The van der Waals surface area contributed by atoms with Crippen LogP contribution < -0.4 is 0 Å². The molecule has 72 valence electrons. The van der Waals surface area contributed by atoms with Gasteiger partial charge in [-0.1, -0.05) is 39.0 Å². The fraction of sp³-hybridized carbons (Fsp3) is 1.00. The van der Waals surface area contributed by atoms with Gasteiger partial charge in [-0.05, 0) is 19.9 Å². The van der Waals surface area contributed by atoms with Crippen molar-refractivity contribution in [3.63, 3.8) is 0 Å². The fourth-order valence-electron chi connectivity index (χ4n) is 1.70. The molecule has 1 nitrogen and oxygen atoms in total. The van der Waals surface area contributed by atoms with Crippen LogP contribution in [0.5, 0.6) is 0 Å². The molecular formula is C11H23N. The fourth-order valence-corrected chi connectivity index (χ4v) is 1.70. The van der Waals surface area contributed by atoms with Gasteiger partial charge in [0.25, 0.3) is 0 Å². The molecule has 0 radical (unpaired) electrons. The van der Waals surface area contributed by atoms with Crippen LogP contribution in [0.15, 0.2) is 0 Å². The lowest BCUT2D eigenvalue weighted by Gasteiger charge is -2.01. The molecule has 1 aliphatic rings. The Morgan fingerprint density at radius 3 is 2.25 bits per heavy atom. The first-order valence-corrected chi connectivity index (χ1v) is 5.58. The lowest BCUT2D eigenvalue weighted by molar-refractivity contribution is 0.476. The van der Waals surface area contributed by atoms with Gasteiger partial charge < -0.3 is 0 Å². The van der Waals surface area contributed by atoms with E-state index in [0.29, 0.717) is 0 Å². The van der Waals surface area contributed by atoms with Gasteiger partial charge in [0, 0.05) is 12.6 Å². The van der Waals surface area contributed by atoms with Crippen LogP contribution in [0.3, 0.4) is 0 Å². The van der Waals surface area contributed by atoms with Crippen molar-refractivity contribution in [1.29, 1.82) is 0 Å². The molecule has 1 heteroatoms. The van der Waals surface area contributed by atoms with E-state index in [-0.39, 0.29) is 0 Å². The van der Waals surface area contributed by atoms with Crippen LogP contribution in [0, 0.1) is 0 Å². The molecule has 1 heterocycles. The molecule has 0 bridgehead atoms. The van der Waals surface area contributed by atoms with Crippen LogP contribution in [-0.4, -0.2) is 24.0 Å². The van der Waals surface area contributed by atoms with E-state index in [1.807, 2.05) is 0 Å². The number of nitrogens with zero attached hydrogens (tertiary/aromatic N) is 1. The summed E-state index contributed by atoms with van der Waals surface area (Å²) in [6.45, 7) is 7.30. The van der Waals surface area contributed by atoms with E-state index in [9.17, 15) is 0 Å². The Bertz CT molecular complexity index is 112. The second-order valence-corrected chi connectivity index (χ2v) is 4.11. The van der Waals surface area contributed by atoms with Gasteiger partial charge in [-0.3, -0.25) is 4.90 Å². The lowest BCUT2D eigenvalue weighted by atomic mass is 10.1. The molecule has 0 amide bonds. The van der Waals surface area contributed by atoms with Gasteiger partial charge in [-0.15, -0.1) is 0 Å². The largest absolute Gasteiger partial charge is 0.298 e. The molecular weight excluding hydrogens is 146 g/mol. The summed E-state index contributed by atoms with van der Waals surface area (Å²) in [4.78, 5) is 2.56. The molecule has 0 N–H and O–H groups in total. The van der Waals surface area contributed by atoms with Crippen LogP contribution in [0.25, 0.3) is 0 Å². The standard InChI is InChI=1S/C11H23N/c1-3-4-5-6-7-8-9-12-10-11(12)2/h11H,3-10H2,1-2H3. The molecule has 0 aliphatic carbocycles. The van der Waals surface area contributed by atoms with E-state index in [0.717, 1.165) is 6.04 Å². The first kappa shape index (κ1) is 10.0. The monoisotopic (exact) mass is 169 g/mol. The maximum absolute atomic E-state index is 2.56. The van der Waals surface area contributed by atoms with Gasteiger partial charge in [0.1, 0.15) is 0 Å². The van der Waals surface area contributed by atoms with Crippen molar-refractivity contribution >= 4 is 0 Å². The Balaban J connectivity index is 1.72. The van der Waals surface area contributed by atoms with Crippen molar-refractivity contribution in [2.24, 2.45) is 0 Å². The Morgan fingerprint density at radius 1 is 1.08 bits per heavy atom. The second-order valence-electron chi connectivity index (χ2n) is 4.11. The highest BCUT2D eigenvalue weighted by Gasteiger charge is 2.27. The Kier molecular flexibility index (Phi) is 4.67. The zero-order chi connectivity index (χ0) is 8.81. The Labute approximate surface area is 77.1 Å². The Hall–Kier alpha value is -0.0400. The summed E-state index contributed by atoms with van der Waals surface area (Å²) in [5, 5.41) is 0. The van der Waals surface area contributed by atoms with Crippen LogP contribution >= 0.6 is 0 Å². The number of rotatable bonds is 7. The normalized spacial score (nSPS) is 27.5. The first-order valence-electron chi connectivity index (χ1n) is 5.58. The Morgan fingerprint density at radius 2 is 1.67 bits per heavy atom. The highest BCUT2D eigenvalue weighted by molar-refractivity contribution is 4.83. The summed E-state index contributed by atoms with van der Waals surface area (Å²) in [5.74, 6) is 0. The maximum atomic E-state index is 2.56. The molecule has 1 aliphatic heterocycles. The van der Waals surface area contributed by atoms with E-state index in [4.69, 9.17) is 0 Å². The molecule has 0 aromatic carbocycles. The first-order chi connectivity index (χ1) is 5.84. The summed E-state index contributed by atoms with van der Waals surface area (Å²) in [6.07, 6.45) is 8.57. The predicted octanol–water partition coefficient (Wildman–Crippen LogP) is 3.05. The van der Waals surface area contributed by atoms with E-state index < -0.39 is 0 Å². The summed E-state index contributed by atoms with van der Waals surface area (Å²) in [5.41, 5.74) is 0. The topological polar surface area (TPSA) is 3.01 Å². The third kappa shape index (κ3) is 4.10. The van der Waals surface area contributed by atoms with Gasteiger partial charge in [0.15, 0.2) is 0 Å². The average Bonchev–Trinajstić information content (AvgIpc) is 2.74. The molecule has 2 unspecified atom stereocenters. The molecule has 0 saturated carbocycles.